The number of aliphatic imine (C=N–C) groups is 2. The summed E-state index contributed by atoms with van der Waals surface area (Å²) >= 11 is 1.44. The van der Waals surface area contributed by atoms with Crippen LogP contribution in [0, 0.1) is 0 Å². The highest BCUT2D eigenvalue weighted by Crippen LogP contribution is 2.35. The molecule has 32 heavy (non-hydrogen) atoms. The Hall–Kier alpha value is -2.84. The van der Waals surface area contributed by atoms with Crippen LogP contribution in [0.1, 0.15) is 18.4 Å². The van der Waals surface area contributed by atoms with Gasteiger partial charge in [0.05, 0.1) is 25.7 Å². The van der Waals surface area contributed by atoms with Crippen LogP contribution in [0.2, 0.25) is 0 Å². The van der Waals surface area contributed by atoms with Crippen molar-refractivity contribution >= 4 is 34.1 Å². The zero-order chi connectivity index (χ0) is 22.6. The van der Waals surface area contributed by atoms with Crippen LogP contribution >= 0.6 is 11.8 Å². The molecular formula is C24H28N4O3S. The second kappa shape index (κ2) is 9.75. The second-order valence-electron chi connectivity index (χ2n) is 7.96. The molecule has 0 aliphatic carbocycles. The third-order valence-corrected chi connectivity index (χ3v) is 6.66. The molecule has 1 saturated heterocycles. The number of nitrogens with zero attached hydrogens (tertiary/aromatic N) is 3. The van der Waals surface area contributed by atoms with E-state index in [0.29, 0.717) is 0 Å². The monoisotopic (exact) mass is 452 g/mol. The fraction of sp³-hybridized carbons (Fsp3) is 0.375. The van der Waals surface area contributed by atoms with Gasteiger partial charge in [-0.15, -0.1) is 0 Å². The van der Waals surface area contributed by atoms with Crippen molar-refractivity contribution in [1.29, 1.82) is 0 Å². The highest BCUT2D eigenvalue weighted by atomic mass is 32.2. The summed E-state index contributed by atoms with van der Waals surface area (Å²) in [7, 11) is 5.39. The highest BCUT2D eigenvalue weighted by molar-refractivity contribution is 8.16. The number of hydrogen-bond donors (Lipinski definition) is 1. The van der Waals surface area contributed by atoms with E-state index in [9.17, 15) is 4.79 Å². The van der Waals surface area contributed by atoms with Crippen molar-refractivity contribution in [3.05, 3.63) is 54.1 Å². The summed E-state index contributed by atoms with van der Waals surface area (Å²) in [6.45, 7) is 1.91. The topological polar surface area (TPSA) is 75.5 Å². The van der Waals surface area contributed by atoms with Gasteiger partial charge in [0.1, 0.15) is 16.5 Å². The van der Waals surface area contributed by atoms with E-state index in [-0.39, 0.29) is 11.7 Å². The SMILES string of the molecule is COc1ccc(NC(=O)CSC2=NC3(CCN(C)CC3)N=C2c2ccc(OC)cc2)cc1. The van der Waals surface area contributed by atoms with Crippen LogP contribution in [-0.2, 0) is 4.79 Å². The summed E-state index contributed by atoms with van der Waals surface area (Å²) in [5.41, 5.74) is 2.17. The van der Waals surface area contributed by atoms with Gasteiger partial charge in [-0.2, -0.15) is 0 Å². The van der Waals surface area contributed by atoms with Crippen molar-refractivity contribution in [2.45, 2.75) is 18.5 Å². The molecule has 0 atom stereocenters. The smallest absolute Gasteiger partial charge is 0.234 e. The van der Waals surface area contributed by atoms with Gasteiger partial charge >= 0.3 is 0 Å². The minimum Gasteiger partial charge on any atom is -0.497 e. The van der Waals surface area contributed by atoms with E-state index in [1.54, 1.807) is 14.2 Å². The molecule has 2 aliphatic rings. The van der Waals surface area contributed by atoms with Crippen LogP contribution in [0.25, 0.3) is 0 Å². The van der Waals surface area contributed by atoms with Crippen LogP contribution in [0.5, 0.6) is 11.5 Å². The molecule has 1 fully saturated rings. The molecule has 1 N–H and O–H groups in total. The van der Waals surface area contributed by atoms with Gasteiger partial charge in [-0.25, -0.2) is 4.99 Å². The van der Waals surface area contributed by atoms with Crippen molar-refractivity contribution < 1.29 is 14.3 Å². The van der Waals surface area contributed by atoms with Crippen LogP contribution in [0.15, 0.2) is 58.5 Å². The number of nitrogens with one attached hydrogen (secondary N) is 1. The lowest BCUT2D eigenvalue weighted by Gasteiger charge is -2.33. The first kappa shape index (κ1) is 22.4. The number of amides is 1. The number of carbonyl (C=O) groups is 1. The van der Waals surface area contributed by atoms with Crippen molar-refractivity contribution in [2.75, 3.05) is 45.4 Å². The Bertz CT molecular complexity index is 1010. The molecule has 0 saturated carbocycles. The quantitative estimate of drug-likeness (QED) is 0.723. The molecule has 0 bridgehead atoms. The minimum atomic E-state index is -0.420. The van der Waals surface area contributed by atoms with Crippen molar-refractivity contribution in [3.8, 4) is 11.5 Å². The Kier molecular flexibility index (Phi) is 6.81. The number of benzene rings is 2. The fourth-order valence-corrected chi connectivity index (χ4v) is 4.64. The van der Waals surface area contributed by atoms with Gasteiger partial charge in [0.2, 0.25) is 5.91 Å². The van der Waals surface area contributed by atoms with Gasteiger partial charge in [0.15, 0.2) is 5.66 Å². The van der Waals surface area contributed by atoms with Crippen molar-refractivity contribution in [3.63, 3.8) is 0 Å². The lowest BCUT2D eigenvalue weighted by molar-refractivity contribution is -0.113. The molecule has 2 aromatic carbocycles. The number of rotatable bonds is 6. The molecule has 8 heteroatoms. The molecule has 4 rings (SSSR count). The number of hydrogen-bond acceptors (Lipinski definition) is 7. The molecule has 0 unspecified atom stereocenters. The van der Waals surface area contributed by atoms with Gasteiger partial charge in [0.25, 0.3) is 0 Å². The molecule has 1 amide bonds. The van der Waals surface area contributed by atoms with E-state index < -0.39 is 5.66 Å². The second-order valence-corrected chi connectivity index (χ2v) is 8.92. The van der Waals surface area contributed by atoms with Gasteiger partial charge < -0.3 is 19.7 Å². The third-order valence-electron chi connectivity index (χ3n) is 5.70. The predicted octanol–water partition coefficient (Wildman–Crippen LogP) is 3.70. The molecule has 0 aromatic heterocycles. The number of carbonyl (C=O) groups excluding carboxylic acids is 1. The van der Waals surface area contributed by atoms with Crippen molar-refractivity contribution in [1.82, 2.24) is 4.90 Å². The minimum absolute atomic E-state index is 0.0822. The average molecular weight is 453 g/mol. The van der Waals surface area contributed by atoms with E-state index in [2.05, 4.69) is 17.3 Å². The van der Waals surface area contributed by atoms with Gasteiger partial charge in [-0.3, -0.25) is 9.79 Å². The summed E-state index contributed by atoms with van der Waals surface area (Å²) in [5.74, 6) is 1.73. The maximum Gasteiger partial charge on any atom is 0.234 e. The standard InChI is InChI=1S/C24H28N4O3S/c1-28-14-12-24(13-15-28)26-22(17-4-8-19(30-2)9-5-17)23(27-24)32-16-21(29)25-18-6-10-20(31-3)11-7-18/h4-11H,12-16H2,1-3H3,(H,25,29). The molecular weight excluding hydrogens is 424 g/mol. The predicted molar refractivity (Wildman–Crippen MR) is 131 cm³/mol. The lowest BCUT2D eigenvalue weighted by Crippen LogP contribution is -2.39. The fourth-order valence-electron chi connectivity index (χ4n) is 3.77. The first-order valence-corrected chi connectivity index (χ1v) is 11.6. The van der Waals surface area contributed by atoms with Gasteiger partial charge in [-0.1, -0.05) is 11.8 Å². The number of thioether (sulfide) groups is 1. The highest BCUT2D eigenvalue weighted by Gasteiger charge is 2.39. The summed E-state index contributed by atoms with van der Waals surface area (Å²) in [4.78, 5) is 25.0. The Labute approximate surface area is 192 Å². The van der Waals surface area contributed by atoms with E-state index in [1.165, 1.54) is 11.8 Å². The van der Waals surface area contributed by atoms with Gasteiger partial charge in [-0.05, 0) is 55.6 Å². The maximum absolute atomic E-state index is 12.6. The van der Waals surface area contributed by atoms with E-state index in [4.69, 9.17) is 19.5 Å². The summed E-state index contributed by atoms with van der Waals surface area (Å²) in [5, 5.41) is 3.75. The number of ether oxygens (including phenoxy) is 2. The van der Waals surface area contributed by atoms with Crippen LogP contribution in [0.4, 0.5) is 5.69 Å². The van der Waals surface area contributed by atoms with E-state index in [0.717, 1.165) is 59.4 Å². The molecule has 2 aliphatic heterocycles. The van der Waals surface area contributed by atoms with Crippen molar-refractivity contribution in [2.24, 2.45) is 9.98 Å². The Morgan fingerprint density at radius 3 is 2.19 bits per heavy atom. The zero-order valence-corrected chi connectivity index (χ0v) is 19.4. The number of methoxy groups -OCH3 is 2. The number of piperidine rings is 1. The normalized spacial score (nSPS) is 17.6. The van der Waals surface area contributed by atoms with Crippen LogP contribution in [-0.4, -0.2) is 67.3 Å². The van der Waals surface area contributed by atoms with Crippen LogP contribution in [0.3, 0.4) is 0 Å². The molecule has 168 valence electrons. The maximum atomic E-state index is 12.6. The third kappa shape index (κ3) is 5.14. The molecule has 0 radical (unpaired) electrons. The number of likely N-dealkylation sites (tertiary alicyclic amines) is 1. The van der Waals surface area contributed by atoms with E-state index >= 15 is 0 Å². The average Bonchev–Trinajstić information content (AvgIpc) is 3.18. The largest absolute Gasteiger partial charge is 0.497 e. The first-order valence-electron chi connectivity index (χ1n) is 10.6. The molecule has 2 heterocycles. The zero-order valence-electron chi connectivity index (χ0n) is 18.6. The first-order chi connectivity index (χ1) is 15.5. The Morgan fingerprint density at radius 2 is 1.59 bits per heavy atom. The van der Waals surface area contributed by atoms with Gasteiger partial charge in [0, 0.05) is 37.2 Å². The van der Waals surface area contributed by atoms with Crippen LogP contribution < -0.4 is 14.8 Å². The summed E-state index contributed by atoms with van der Waals surface area (Å²) in [6, 6.07) is 15.1. The Balaban J connectivity index is 1.48. The molecule has 1 spiro atoms. The molecule has 2 aromatic rings. The summed E-state index contributed by atoms with van der Waals surface area (Å²) < 4.78 is 10.5. The Morgan fingerprint density at radius 1 is 1.00 bits per heavy atom. The molecule has 7 nitrogen and oxygen atoms in total. The lowest BCUT2D eigenvalue weighted by atomic mass is 9.99. The van der Waals surface area contributed by atoms with E-state index in [1.807, 2.05) is 48.5 Å². The summed E-state index contributed by atoms with van der Waals surface area (Å²) in [6.07, 6.45) is 1.76. The number of anilines is 1.